The van der Waals surface area contributed by atoms with Crippen LogP contribution in [0.4, 0.5) is 29.0 Å². The lowest BCUT2D eigenvalue weighted by Crippen LogP contribution is -2.52. The molecule has 15 heteroatoms. The number of pyridine rings is 1. The van der Waals surface area contributed by atoms with Crippen molar-refractivity contribution in [3.05, 3.63) is 88.2 Å². The lowest BCUT2D eigenvalue weighted by Gasteiger charge is -2.42. The molecule has 0 radical (unpaired) electrons. The molecule has 9 rings (SSSR count). The van der Waals surface area contributed by atoms with Crippen molar-refractivity contribution in [2.75, 3.05) is 41.7 Å². The summed E-state index contributed by atoms with van der Waals surface area (Å²) in [7, 11) is 1.88. The highest BCUT2D eigenvalue weighted by molar-refractivity contribution is 6.05. The van der Waals surface area contributed by atoms with E-state index in [0.29, 0.717) is 61.9 Å². The van der Waals surface area contributed by atoms with Gasteiger partial charge in [-0.1, -0.05) is 24.3 Å². The number of hydrogen-bond acceptors (Lipinski definition) is 12. The molecule has 2 aromatic carbocycles. The zero-order valence-corrected chi connectivity index (χ0v) is 31.8. The minimum absolute atomic E-state index is 0.211. The van der Waals surface area contributed by atoms with Crippen LogP contribution in [-0.4, -0.2) is 95.2 Å². The number of carbonyl (C=O) groups is 3. The van der Waals surface area contributed by atoms with E-state index in [9.17, 15) is 19.5 Å². The van der Waals surface area contributed by atoms with E-state index in [0.717, 1.165) is 58.9 Å². The fourth-order valence-electron chi connectivity index (χ4n) is 8.60. The molecule has 2 fully saturated rings. The van der Waals surface area contributed by atoms with Gasteiger partial charge in [-0.25, -0.2) is 14.6 Å². The maximum atomic E-state index is 13.1. The van der Waals surface area contributed by atoms with Gasteiger partial charge in [0.2, 0.25) is 17.8 Å². The molecule has 2 saturated heterocycles. The molecule has 4 aliphatic rings. The number of para-hydroxylation sites is 1. The van der Waals surface area contributed by atoms with Crippen LogP contribution in [0.15, 0.2) is 54.7 Å². The van der Waals surface area contributed by atoms with E-state index in [1.165, 1.54) is 16.0 Å². The monoisotopic (exact) mass is 755 g/mol. The summed E-state index contributed by atoms with van der Waals surface area (Å²) in [6.45, 7) is 7.83. The number of β-amino-alcohol motifs (C(OH)–C–C–N with tert-alkyl or cyclic N) is 1. The Labute approximate surface area is 324 Å². The number of rotatable bonds is 8. The zero-order valence-electron chi connectivity index (χ0n) is 31.8. The van der Waals surface area contributed by atoms with Gasteiger partial charge < -0.3 is 25.5 Å². The highest BCUT2D eigenvalue weighted by Crippen LogP contribution is 2.33. The summed E-state index contributed by atoms with van der Waals surface area (Å²) in [5.41, 5.74) is 7.74. The second kappa shape index (κ2) is 14.0. The van der Waals surface area contributed by atoms with Crippen molar-refractivity contribution >= 4 is 57.7 Å². The summed E-state index contributed by atoms with van der Waals surface area (Å²) < 4.78 is 1.77. The molecule has 0 aliphatic carbocycles. The highest BCUT2D eigenvalue weighted by atomic mass is 16.3. The van der Waals surface area contributed by atoms with Crippen LogP contribution < -0.4 is 20.9 Å². The molecule has 1 atom stereocenters. The van der Waals surface area contributed by atoms with Gasteiger partial charge in [-0.15, -0.1) is 0 Å². The van der Waals surface area contributed by atoms with Crippen LogP contribution in [0, 0.1) is 13.8 Å². The van der Waals surface area contributed by atoms with Gasteiger partial charge in [-0.2, -0.15) is 10.1 Å². The van der Waals surface area contributed by atoms with E-state index in [-0.39, 0.29) is 24.8 Å². The SMILES string of the molecule is Cc1cccc(C)c1Nc1nn(C)c2nc(Nc3ccc4c(c3)CN(CC3(O)CCN(c5ccc6c(n5)CN(C5CCC(=O)NC5=O)C6=O)CC3)CC4)ncc12. The number of aromatic nitrogens is 5. The molecule has 15 nitrogen and oxygen atoms in total. The van der Waals surface area contributed by atoms with Crippen LogP contribution >= 0.6 is 0 Å². The number of fused-ring (bicyclic) bond motifs is 3. The van der Waals surface area contributed by atoms with Gasteiger partial charge in [0.1, 0.15) is 11.9 Å². The Morgan fingerprint density at radius 1 is 0.929 bits per heavy atom. The number of imide groups is 1. The summed E-state index contributed by atoms with van der Waals surface area (Å²) in [5, 5.41) is 26.5. The zero-order chi connectivity index (χ0) is 38.7. The molecule has 3 aromatic heterocycles. The molecule has 56 heavy (non-hydrogen) atoms. The van der Waals surface area contributed by atoms with Crippen molar-refractivity contribution in [3.8, 4) is 0 Å². The van der Waals surface area contributed by atoms with Gasteiger partial charge in [0.25, 0.3) is 5.91 Å². The molecule has 288 valence electrons. The average Bonchev–Trinajstić information content (AvgIpc) is 3.67. The number of hydrogen-bond donors (Lipinski definition) is 4. The predicted molar refractivity (Wildman–Crippen MR) is 211 cm³/mol. The van der Waals surface area contributed by atoms with Gasteiger partial charge in [-0.3, -0.25) is 24.6 Å². The average molecular weight is 756 g/mol. The topological polar surface area (TPSA) is 174 Å². The van der Waals surface area contributed by atoms with E-state index in [1.807, 2.05) is 19.2 Å². The second-order valence-electron chi connectivity index (χ2n) is 15.6. The highest BCUT2D eigenvalue weighted by Gasteiger charge is 2.41. The van der Waals surface area contributed by atoms with Crippen LogP contribution in [0.1, 0.15) is 64.0 Å². The first-order valence-corrected chi connectivity index (χ1v) is 19.3. The third kappa shape index (κ3) is 6.70. The van der Waals surface area contributed by atoms with E-state index >= 15 is 0 Å². The lowest BCUT2D eigenvalue weighted by molar-refractivity contribution is -0.136. The summed E-state index contributed by atoms with van der Waals surface area (Å²) in [5.74, 6) is 0.989. The number of benzene rings is 2. The number of carbonyl (C=O) groups excluding carboxylic acids is 3. The Morgan fingerprint density at radius 2 is 1.73 bits per heavy atom. The van der Waals surface area contributed by atoms with Crippen molar-refractivity contribution in [3.63, 3.8) is 0 Å². The van der Waals surface area contributed by atoms with E-state index in [1.54, 1.807) is 16.9 Å². The smallest absolute Gasteiger partial charge is 0.256 e. The normalized spacial score (nSPS) is 19.6. The molecule has 4 N–H and O–H groups in total. The van der Waals surface area contributed by atoms with Crippen LogP contribution in [0.3, 0.4) is 0 Å². The lowest BCUT2D eigenvalue weighted by atomic mass is 9.89. The largest absolute Gasteiger partial charge is 0.388 e. The number of amides is 3. The molecule has 0 spiro atoms. The molecule has 3 amide bonds. The van der Waals surface area contributed by atoms with E-state index < -0.39 is 17.6 Å². The number of nitrogens with zero attached hydrogens (tertiary/aromatic N) is 8. The number of aryl methyl sites for hydroxylation is 3. The molecule has 5 aromatic rings. The van der Waals surface area contributed by atoms with E-state index in [4.69, 9.17) is 15.1 Å². The Balaban J connectivity index is 0.819. The fourth-order valence-corrected chi connectivity index (χ4v) is 8.60. The minimum atomic E-state index is -0.836. The molecule has 1 unspecified atom stereocenters. The molecular weight excluding hydrogens is 711 g/mol. The molecule has 7 heterocycles. The summed E-state index contributed by atoms with van der Waals surface area (Å²) >= 11 is 0. The Hall–Kier alpha value is -5.93. The predicted octanol–water partition coefficient (Wildman–Crippen LogP) is 4.01. The van der Waals surface area contributed by atoms with Crippen molar-refractivity contribution in [1.29, 1.82) is 0 Å². The Kier molecular flexibility index (Phi) is 8.92. The van der Waals surface area contributed by atoms with Crippen LogP contribution in [0.2, 0.25) is 0 Å². The summed E-state index contributed by atoms with van der Waals surface area (Å²) in [6.07, 6.45) is 4.41. The third-order valence-corrected chi connectivity index (χ3v) is 11.8. The number of anilines is 5. The first kappa shape index (κ1) is 35.8. The van der Waals surface area contributed by atoms with Gasteiger partial charge in [0.05, 0.1) is 28.8 Å². The molecular formula is C41H45N11O4. The van der Waals surface area contributed by atoms with Crippen molar-refractivity contribution in [2.24, 2.45) is 7.05 Å². The Morgan fingerprint density at radius 3 is 2.52 bits per heavy atom. The van der Waals surface area contributed by atoms with Gasteiger partial charge in [0, 0.05) is 63.8 Å². The molecule has 0 saturated carbocycles. The maximum Gasteiger partial charge on any atom is 0.256 e. The number of piperidine rings is 2. The van der Waals surface area contributed by atoms with Gasteiger partial charge >= 0.3 is 0 Å². The standard InChI is InChI=1S/C41H45N11O4/c1-24-5-4-6-25(2)35(24)46-36-30-20-42-40(47-37(30)49(3)48-36)43-28-8-7-26-13-16-50(21-27(26)19-28)23-41(56)14-17-51(18-15-41)33-11-9-29-31(44-33)22-52(39(29)55)32-10-12-34(53)45-38(32)54/h4-9,11,19-20,32,56H,10,12-18,21-23H2,1-3H3,(H,46,48)(H,42,43,47)(H,45,53,54). The Bertz CT molecular complexity index is 2380. The van der Waals surface area contributed by atoms with Gasteiger partial charge in [0.15, 0.2) is 11.5 Å². The first-order valence-electron chi connectivity index (χ1n) is 19.3. The van der Waals surface area contributed by atoms with Gasteiger partial charge in [-0.05, 0) is 86.1 Å². The van der Waals surface area contributed by atoms with E-state index in [2.05, 4.69) is 74.9 Å². The van der Waals surface area contributed by atoms with Crippen molar-refractivity contribution in [2.45, 2.75) is 70.7 Å². The second-order valence-corrected chi connectivity index (χ2v) is 15.6. The summed E-state index contributed by atoms with van der Waals surface area (Å²) in [6, 6.07) is 15.5. The van der Waals surface area contributed by atoms with Crippen LogP contribution in [0.5, 0.6) is 0 Å². The number of aliphatic hydroxyl groups is 1. The molecule has 0 bridgehead atoms. The van der Waals surface area contributed by atoms with Crippen molar-refractivity contribution in [1.82, 2.24) is 39.8 Å². The molecule has 4 aliphatic heterocycles. The van der Waals surface area contributed by atoms with Crippen LogP contribution in [0.25, 0.3) is 11.0 Å². The third-order valence-electron chi connectivity index (χ3n) is 11.8. The quantitative estimate of drug-likeness (QED) is 0.168. The minimum Gasteiger partial charge on any atom is -0.388 e. The fraction of sp³-hybridized carbons (Fsp3) is 0.390. The van der Waals surface area contributed by atoms with Crippen LogP contribution in [-0.2, 0) is 36.1 Å². The van der Waals surface area contributed by atoms with Crippen molar-refractivity contribution < 1.29 is 19.5 Å². The summed E-state index contributed by atoms with van der Waals surface area (Å²) in [4.78, 5) is 57.5. The first-order chi connectivity index (χ1) is 27.0. The maximum absolute atomic E-state index is 13.1. The number of nitrogens with one attached hydrogen (secondary N) is 3.